The summed E-state index contributed by atoms with van der Waals surface area (Å²) in [6.07, 6.45) is 0. The van der Waals surface area contributed by atoms with Gasteiger partial charge in [0.25, 0.3) is 5.91 Å². The van der Waals surface area contributed by atoms with Gasteiger partial charge in [-0.05, 0) is 41.4 Å². The second-order valence-electron chi connectivity index (χ2n) is 5.24. The molecule has 0 spiro atoms. The Labute approximate surface area is 142 Å². The molecular formula is C17H17BrN2OS. The van der Waals surface area contributed by atoms with Crippen molar-refractivity contribution in [1.82, 2.24) is 9.88 Å². The molecule has 0 fully saturated rings. The molecule has 0 radical (unpaired) electrons. The highest BCUT2D eigenvalue weighted by atomic mass is 79.9. The fraction of sp³-hybridized carbons (Fsp3) is 0.235. The summed E-state index contributed by atoms with van der Waals surface area (Å²) in [6.45, 7) is 5.43. The molecule has 0 unspecified atom stereocenters. The topological polar surface area (TPSA) is 34.0 Å². The van der Waals surface area contributed by atoms with Crippen LogP contribution in [0.25, 0.3) is 10.2 Å². The van der Waals surface area contributed by atoms with Crippen LogP contribution in [0.2, 0.25) is 0 Å². The third-order valence-corrected chi connectivity index (χ3v) is 5.49. The number of carbonyl (C=O) groups is 1. The minimum atomic E-state index is -0.0290. The molecule has 3 nitrogen and oxygen atoms in total. The smallest absolute Gasteiger partial charge is 0.268 e. The zero-order valence-corrected chi connectivity index (χ0v) is 14.9. The zero-order chi connectivity index (χ0) is 15.7. The Bertz CT molecular complexity index is 834. The molecule has 0 aliphatic rings. The molecule has 1 amide bonds. The summed E-state index contributed by atoms with van der Waals surface area (Å²) < 4.78 is 4.24. The van der Waals surface area contributed by atoms with Crippen molar-refractivity contribution in [3.63, 3.8) is 0 Å². The number of nitrogens with one attached hydrogen (secondary N) is 1. The van der Waals surface area contributed by atoms with Crippen LogP contribution in [0.3, 0.4) is 0 Å². The molecule has 3 rings (SSSR count). The first-order valence-electron chi connectivity index (χ1n) is 7.20. The molecule has 114 valence electrons. The van der Waals surface area contributed by atoms with Crippen molar-refractivity contribution in [2.24, 2.45) is 0 Å². The van der Waals surface area contributed by atoms with Gasteiger partial charge in [-0.25, -0.2) is 0 Å². The lowest BCUT2D eigenvalue weighted by Crippen LogP contribution is -2.25. The van der Waals surface area contributed by atoms with Crippen molar-refractivity contribution < 1.29 is 4.79 Å². The van der Waals surface area contributed by atoms with Gasteiger partial charge >= 0.3 is 0 Å². The minimum absolute atomic E-state index is 0.0290. The van der Waals surface area contributed by atoms with Crippen LogP contribution in [0.15, 0.2) is 40.2 Å². The van der Waals surface area contributed by atoms with E-state index in [1.165, 1.54) is 5.56 Å². The second kappa shape index (κ2) is 6.26. The molecule has 3 aromatic rings. The number of nitrogens with zero attached hydrogens (tertiary/aromatic N) is 1. The van der Waals surface area contributed by atoms with Gasteiger partial charge in [-0.1, -0.05) is 29.8 Å². The fourth-order valence-corrected chi connectivity index (χ4v) is 4.34. The maximum Gasteiger partial charge on any atom is 0.268 e. The lowest BCUT2D eigenvalue weighted by atomic mass is 10.1. The van der Waals surface area contributed by atoms with Crippen LogP contribution in [-0.4, -0.2) is 10.5 Å². The van der Waals surface area contributed by atoms with Crippen molar-refractivity contribution in [2.75, 3.05) is 0 Å². The van der Waals surface area contributed by atoms with Gasteiger partial charge in [0.2, 0.25) is 0 Å². The molecule has 2 heterocycles. The number of carbonyl (C=O) groups excluding carboxylic acids is 1. The van der Waals surface area contributed by atoms with Crippen molar-refractivity contribution in [3.05, 3.63) is 57.0 Å². The number of aromatic nitrogens is 1. The van der Waals surface area contributed by atoms with Crippen LogP contribution in [-0.2, 0) is 13.1 Å². The van der Waals surface area contributed by atoms with Gasteiger partial charge in [0, 0.05) is 18.5 Å². The van der Waals surface area contributed by atoms with Crippen molar-refractivity contribution in [3.8, 4) is 0 Å². The van der Waals surface area contributed by atoms with E-state index in [-0.39, 0.29) is 5.91 Å². The average Bonchev–Trinajstić information content (AvgIpc) is 3.05. The summed E-state index contributed by atoms with van der Waals surface area (Å²) in [7, 11) is 0. The van der Waals surface area contributed by atoms with Crippen LogP contribution in [0.1, 0.15) is 28.5 Å². The van der Waals surface area contributed by atoms with Crippen LogP contribution in [0.4, 0.5) is 0 Å². The first kappa shape index (κ1) is 15.3. The lowest BCUT2D eigenvalue weighted by Gasteiger charge is -2.09. The van der Waals surface area contributed by atoms with E-state index in [9.17, 15) is 4.79 Å². The number of rotatable bonds is 4. The van der Waals surface area contributed by atoms with Crippen LogP contribution in [0.5, 0.6) is 0 Å². The molecular weight excluding hydrogens is 360 g/mol. The van der Waals surface area contributed by atoms with E-state index in [1.807, 2.05) is 18.2 Å². The summed E-state index contributed by atoms with van der Waals surface area (Å²) >= 11 is 5.21. The Morgan fingerprint density at radius 2 is 2.18 bits per heavy atom. The zero-order valence-electron chi connectivity index (χ0n) is 12.5. The number of aryl methyl sites for hydroxylation is 2. The standard InChI is InChI=1S/C17H17BrN2OS/c1-3-20-14(8-15-16(20)13(18)10-22-15)17(21)19-9-12-6-4-5-11(2)7-12/h4-8,10H,3,9H2,1-2H3,(H,19,21). The Kier molecular flexibility index (Phi) is 4.36. The molecule has 0 saturated heterocycles. The van der Waals surface area contributed by atoms with Gasteiger partial charge < -0.3 is 9.88 Å². The van der Waals surface area contributed by atoms with Crippen LogP contribution >= 0.6 is 27.3 Å². The third-order valence-electron chi connectivity index (χ3n) is 3.66. The predicted molar refractivity (Wildman–Crippen MR) is 95.5 cm³/mol. The van der Waals surface area contributed by atoms with E-state index in [0.29, 0.717) is 6.54 Å². The number of halogens is 1. The maximum atomic E-state index is 12.5. The van der Waals surface area contributed by atoms with E-state index < -0.39 is 0 Å². The SMILES string of the molecule is CCn1c(C(=O)NCc2cccc(C)c2)cc2scc(Br)c21. The summed E-state index contributed by atoms with van der Waals surface area (Å²) in [4.78, 5) is 12.5. The van der Waals surface area contributed by atoms with Gasteiger partial charge in [0.15, 0.2) is 0 Å². The van der Waals surface area contributed by atoms with Crippen molar-refractivity contribution >= 4 is 43.4 Å². The number of amides is 1. The molecule has 1 N–H and O–H groups in total. The Hall–Kier alpha value is -1.59. The molecule has 5 heteroatoms. The lowest BCUT2D eigenvalue weighted by molar-refractivity contribution is 0.0942. The van der Waals surface area contributed by atoms with E-state index in [4.69, 9.17) is 0 Å². The van der Waals surface area contributed by atoms with Crippen LogP contribution in [0, 0.1) is 6.92 Å². The van der Waals surface area contributed by atoms with Gasteiger partial charge in [0.1, 0.15) is 5.69 Å². The minimum Gasteiger partial charge on any atom is -0.347 e. The summed E-state index contributed by atoms with van der Waals surface area (Å²) in [5, 5.41) is 5.08. The van der Waals surface area contributed by atoms with Crippen molar-refractivity contribution in [2.45, 2.75) is 26.9 Å². The first-order valence-corrected chi connectivity index (χ1v) is 8.87. The van der Waals surface area contributed by atoms with Crippen LogP contribution < -0.4 is 5.32 Å². The average molecular weight is 377 g/mol. The highest BCUT2D eigenvalue weighted by molar-refractivity contribution is 9.10. The third kappa shape index (κ3) is 2.83. The highest BCUT2D eigenvalue weighted by Crippen LogP contribution is 2.33. The number of benzene rings is 1. The predicted octanol–water partition coefficient (Wildman–Crippen LogP) is 4.72. The second-order valence-corrected chi connectivity index (χ2v) is 7.01. The quantitative estimate of drug-likeness (QED) is 0.701. The number of hydrogen-bond donors (Lipinski definition) is 1. The van der Waals surface area contributed by atoms with E-state index in [0.717, 1.165) is 32.5 Å². The first-order chi connectivity index (χ1) is 10.6. The number of thiophene rings is 1. The normalized spacial score (nSPS) is 11.0. The number of fused-ring (bicyclic) bond motifs is 1. The maximum absolute atomic E-state index is 12.5. The number of hydrogen-bond acceptors (Lipinski definition) is 2. The van der Waals surface area contributed by atoms with Crippen molar-refractivity contribution in [1.29, 1.82) is 0 Å². The summed E-state index contributed by atoms with van der Waals surface area (Å²) in [6, 6.07) is 10.2. The Morgan fingerprint density at radius 3 is 2.91 bits per heavy atom. The largest absolute Gasteiger partial charge is 0.347 e. The molecule has 0 bridgehead atoms. The molecule has 22 heavy (non-hydrogen) atoms. The van der Waals surface area contributed by atoms with E-state index >= 15 is 0 Å². The molecule has 0 aliphatic heterocycles. The molecule has 0 aliphatic carbocycles. The van der Waals surface area contributed by atoms with Gasteiger partial charge in [-0.3, -0.25) is 4.79 Å². The summed E-state index contributed by atoms with van der Waals surface area (Å²) in [5.41, 5.74) is 4.14. The van der Waals surface area contributed by atoms with Gasteiger partial charge in [0.05, 0.1) is 14.7 Å². The van der Waals surface area contributed by atoms with E-state index in [2.05, 4.69) is 57.2 Å². The van der Waals surface area contributed by atoms with E-state index in [1.54, 1.807) is 11.3 Å². The van der Waals surface area contributed by atoms with Gasteiger partial charge in [-0.2, -0.15) is 0 Å². The molecule has 0 atom stereocenters. The highest BCUT2D eigenvalue weighted by Gasteiger charge is 2.17. The molecule has 2 aromatic heterocycles. The summed E-state index contributed by atoms with van der Waals surface area (Å²) in [5.74, 6) is -0.0290. The fourth-order valence-electron chi connectivity index (χ4n) is 2.64. The molecule has 1 aromatic carbocycles. The Balaban J connectivity index is 1.83. The Morgan fingerprint density at radius 1 is 1.36 bits per heavy atom. The molecule has 0 saturated carbocycles. The van der Waals surface area contributed by atoms with Gasteiger partial charge in [-0.15, -0.1) is 11.3 Å². The monoisotopic (exact) mass is 376 g/mol.